The summed E-state index contributed by atoms with van der Waals surface area (Å²) in [4.78, 5) is 32.8. The van der Waals surface area contributed by atoms with Crippen LogP contribution < -0.4 is 4.90 Å². The number of anilines is 1. The first-order chi connectivity index (χ1) is 16.2. The van der Waals surface area contributed by atoms with Crippen LogP contribution in [0.5, 0.6) is 0 Å². The van der Waals surface area contributed by atoms with Crippen molar-refractivity contribution < 1.29 is 18.4 Å². The second-order valence-electron chi connectivity index (χ2n) is 8.30. The highest BCUT2D eigenvalue weighted by molar-refractivity contribution is 6.16. The molecule has 0 radical (unpaired) electrons. The van der Waals surface area contributed by atoms with Crippen LogP contribution in [0.2, 0.25) is 0 Å². The first kappa shape index (κ1) is 23.1. The van der Waals surface area contributed by atoms with E-state index in [0.29, 0.717) is 10.5 Å². The minimum absolute atomic E-state index is 0.101. The molecule has 0 aliphatic carbocycles. The van der Waals surface area contributed by atoms with E-state index in [-0.39, 0.29) is 18.5 Å². The molecule has 2 heterocycles. The van der Waals surface area contributed by atoms with E-state index in [1.54, 1.807) is 44.3 Å². The predicted molar refractivity (Wildman–Crippen MR) is 125 cm³/mol. The Morgan fingerprint density at radius 3 is 2.26 bits per heavy atom. The molecule has 1 atom stereocenters. The number of aromatic nitrogens is 1. The zero-order valence-electron chi connectivity index (χ0n) is 19.1. The first-order valence-electron chi connectivity index (χ1n) is 10.9. The third-order valence-corrected chi connectivity index (χ3v) is 5.96. The summed E-state index contributed by atoms with van der Waals surface area (Å²) >= 11 is 0. The SMILES string of the molecule is CCN1C(=O)N(c2c(F)cc(C#Cc3ccccc3)cc2F)C(=O)C[C@@]1(C)c1ccnc(C)c1. The van der Waals surface area contributed by atoms with E-state index in [9.17, 15) is 9.59 Å². The van der Waals surface area contributed by atoms with Crippen molar-refractivity contribution in [2.24, 2.45) is 0 Å². The number of carbonyl (C=O) groups is 2. The molecule has 0 unspecified atom stereocenters. The number of aryl methyl sites for hydroxylation is 1. The van der Waals surface area contributed by atoms with Crippen LogP contribution in [-0.4, -0.2) is 28.4 Å². The molecule has 5 nitrogen and oxygen atoms in total. The van der Waals surface area contributed by atoms with Crippen molar-refractivity contribution in [1.29, 1.82) is 0 Å². The molecule has 4 rings (SSSR count). The Hall–Kier alpha value is -4.05. The van der Waals surface area contributed by atoms with Crippen LogP contribution in [0, 0.1) is 30.4 Å². The van der Waals surface area contributed by atoms with E-state index < -0.39 is 34.8 Å². The Labute approximate surface area is 197 Å². The average molecular weight is 459 g/mol. The van der Waals surface area contributed by atoms with Gasteiger partial charge in [-0.1, -0.05) is 30.0 Å². The zero-order chi connectivity index (χ0) is 24.5. The fourth-order valence-corrected chi connectivity index (χ4v) is 4.27. The maximum atomic E-state index is 15.1. The van der Waals surface area contributed by atoms with E-state index in [1.165, 1.54) is 4.90 Å². The van der Waals surface area contributed by atoms with E-state index in [4.69, 9.17) is 0 Å². The molecule has 1 fully saturated rings. The summed E-state index contributed by atoms with van der Waals surface area (Å²) in [6, 6.07) is 13.8. The van der Waals surface area contributed by atoms with Gasteiger partial charge in [0.1, 0.15) is 5.69 Å². The van der Waals surface area contributed by atoms with Gasteiger partial charge in [-0.25, -0.2) is 18.5 Å². The molecular formula is C27H23F2N3O2. The number of nitrogens with zero attached hydrogens (tertiary/aromatic N) is 3. The number of imide groups is 1. The Morgan fingerprint density at radius 1 is 1.00 bits per heavy atom. The maximum absolute atomic E-state index is 15.1. The van der Waals surface area contributed by atoms with Gasteiger partial charge in [-0.3, -0.25) is 9.78 Å². The van der Waals surface area contributed by atoms with Gasteiger partial charge in [0.15, 0.2) is 11.6 Å². The molecule has 0 bridgehead atoms. The number of halogens is 2. The van der Waals surface area contributed by atoms with Gasteiger partial charge in [0.05, 0.1) is 12.0 Å². The highest BCUT2D eigenvalue weighted by Crippen LogP contribution is 2.40. The molecule has 1 aliphatic rings. The Balaban J connectivity index is 1.71. The van der Waals surface area contributed by atoms with Crippen molar-refractivity contribution >= 4 is 17.6 Å². The van der Waals surface area contributed by atoms with Gasteiger partial charge in [-0.15, -0.1) is 0 Å². The van der Waals surface area contributed by atoms with Crippen molar-refractivity contribution in [2.75, 3.05) is 11.4 Å². The van der Waals surface area contributed by atoms with Crippen LogP contribution in [0.4, 0.5) is 19.3 Å². The minimum atomic E-state index is -1.03. The molecule has 0 spiro atoms. The van der Waals surface area contributed by atoms with Gasteiger partial charge in [0.2, 0.25) is 5.91 Å². The lowest BCUT2D eigenvalue weighted by Crippen LogP contribution is -2.61. The summed E-state index contributed by atoms with van der Waals surface area (Å²) in [6.07, 6.45) is 1.48. The number of hydrogen-bond donors (Lipinski definition) is 0. The molecule has 3 aromatic rings. The molecule has 2 aromatic carbocycles. The fourth-order valence-electron chi connectivity index (χ4n) is 4.27. The van der Waals surface area contributed by atoms with Crippen molar-refractivity contribution in [3.05, 3.63) is 94.8 Å². The molecule has 1 aromatic heterocycles. The number of benzene rings is 2. The smallest absolute Gasteiger partial charge is 0.314 e. The normalized spacial score (nSPS) is 18.0. The summed E-state index contributed by atoms with van der Waals surface area (Å²) in [5.41, 5.74) is 0.604. The Bertz CT molecular complexity index is 1310. The molecule has 1 saturated heterocycles. The zero-order valence-corrected chi connectivity index (χ0v) is 19.1. The van der Waals surface area contributed by atoms with Crippen LogP contribution in [0.1, 0.15) is 42.7 Å². The number of hydrogen-bond acceptors (Lipinski definition) is 3. The van der Waals surface area contributed by atoms with E-state index in [0.717, 1.165) is 23.4 Å². The van der Waals surface area contributed by atoms with Crippen molar-refractivity contribution in [1.82, 2.24) is 9.88 Å². The van der Waals surface area contributed by atoms with Crippen LogP contribution >= 0.6 is 0 Å². The number of rotatable bonds is 3. The predicted octanol–water partition coefficient (Wildman–Crippen LogP) is 5.16. The molecule has 7 heteroatoms. The first-order valence-corrected chi connectivity index (χ1v) is 10.9. The molecule has 34 heavy (non-hydrogen) atoms. The lowest BCUT2D eigenvalue weighted by atomic mass is 9.84. The van der Waals surface area contributed by atoms with Crippen molar-refractivity contribution in [3.63, 3.8) is 0 Å². The van der Waals surface area contributed by atoms with Crippen molar-refractivity contribution in [3.8, 4) is 11.8 Å². The molecule has 0 N–H and O–H groups in total. The molecule has 3 amide bonds. The maximum Gasteiger partial charge on any atom is 0.332 e. The van der Waals surface area contributed by atoms with Crippen LogP contribution in [0.25, 0.3) is 0 Å². The lowest BCUT2D eigenvalue weighted by Gasteiger charge is -2.47. The summed E-state index contributed by atoms with van der Waals surface area (Å²) < 4.78 is 30.2. The Morgan fingerprint density at radius 2 is 1.65 bits per heavy atom. The minimum Gasteiger partial charge on any atom is -0.314 e. The second kappa shape index (κ2) is 9.06. The number of urea groups is 1. The highest BCUT2D eigenvalue weighted by atomic mass is 19.1. The summed E-state index contributed by atoms with van der Waals surface area (Å²) in [6.45, 7) is 5.58. The van der Waals surface area contributed by atoms with Gasteiger partial charge in [0.25, 0.3) is 0 Å². The summed E-state index contributed by atoms with van der Waals surface area (Å²) in [5, 5.41) is 0. The van der Waals surface area contributed by atoms with Gasteiger partial charge in [-0.05, 0) is 62.7 Å². The van der Waals surface area contributed by atoms with Gasteiger partial charge < -0.3 is 4.90 Å². The molecular weight excluding hydrogens is 436 g/mol. The third kappa shape index (κ3) is 4.15. The molecule has 172 valence electrons. The summed E-state index contributed by atoms with van der Waals surface area (Å²) in [5.74, 6) is 2.81. The van der Waals surface area contributed by atoms with Gasteiger partial charge in [0, 0.05) is 29.6 Å². The second-order valence-corrected chi connectivity index (χ2v) is 8.30. The van der Waals surface area contributed by atoms with Crippen molar-refractivity contribution in [2.45, 2.75) is 32.7 Å². The van der Waals surface area contributed by atoms with E-state index in [2.05, 4.69) is 16.8 Å². The average Bonchev–Trinajstić information content (AvgIpc) is 2.80. The quantitative estimate of drug-likeness (QED) is 0.509. The van der Waals surface area contributed by atoms with E-state index >= 15 is 8.78 Å². The third-order valence-electron chi connectivity index (χ3n) is 5.96. The largest absolute Gasteiger partial charge is 0.332 e. The number of pyridine rings is 1. The molecule has 0 saturated carbocycles. The summed E-state index contributed by atoms with van der Waals surface area (Å²) in [7, 11) is 0. The lowest BCUT2D eigenvalue weighted by molar-refractivity contribution is -0.122. The molecule has 1 aliphatic heterocycles. The van der Waals surface area contributed by atoms with Gasteiger partial charge >= 0.3 is 6.03 Å². The standard InChI is InChI=1S/C27H23F2N3O2/c1-4-31-26(34)32(24(33)17-27(31,3)21-12-13-30-18(2)14-21)25-22(28)15-20(16-23(25)29)11-10-19-8-6-5-7-9-19/h5-9,12-16H,4,17H2,1-3H3/t27-/m0/s1. The van der Waals surface area contributed by atoms with E-state index in [1.807, 2.05) is 25.1 Å². The number of amides is 3. The monoisotopic (exact) mass is 459 g/mol. The Kier molecular flexibility index (Phi) is 6.16. The van der Waals surface area contributed by atoms with Crippen LogP contribution in [0.15, 0.2) is 60.8 Å². The topological polar surface area (TPSA) is 53.5 Å². The van der Waals surface area contributed by atoms with Crippen LogP contribution in [0.3, 0.4) is 0 Å². The highest BCUT2D eigenvalue weighted by Gasteiger charge is 2.48. The number of carbonyl (C=O) groups excluding carboxylic acids is 2. The van der Waals surface area contributed by atoms with Crippen LogP contribution in [-0.2, 0) is 10.3 Å². The van der Waals surface area contributed by atoms with Gasteiger partial charge in [-0.2, -0.15) is 0 Å². The fraction of sp³-hybridized carbons (Fsp3) is 0.222.